The summed E-state index contributed by atoms with van der Waals surface area (Å²) in [5, 5.41) is 3.25. The zero-order chi connectivity index (χ0) is 21.3. The first-order valence-corrected chi connectivity index (χ1v) is 11.5. The molecule has 0 bridgehead atoms. The van der Waals surface area contributed by atoms with Gasteiger partial charge in [0, 0.05) is 38.6 Å². The molecule has 0 spiro atoms. The van der Waals surface area contributed by atoms with E-state index in [-0.39, 0.29) is 17.9 Å². The molecule has 1 aliphatic heterocycles. The second kappa shape index (κ2) is 11.3. The standard InChI is InChI=1S/C24H37N3O3/c1-19(24(29)25-21-7-4-3-5-8-21)26-15-6-16-27(18-17-26)23(28)14-11-20-9-12-22(30-2)13-10-20/h9-10,12-13,19,21H,3-8,11,14-18H2,1-2H3,(H,25,29). The van der Waals surface area contributed by atoms with E-state index in [9.17, 15) is 9.59 Å². The largest absolute Gasteiger partial charge is 0.497 e. The predicted octanol–water partition coefficient (Wildman–Crippen LogP) is 3.00. The van der Waals surface area contributed by atoms with Gasteiger partial charge in [-0.2, -0.15) is 0 Å². The first-order chi connectivity index (χ1) is 14.6. The Morgan fingerprint density at radius 2 is 1.77 bits per heavy atom. The highest BCUT2D eigenvalue weighted by Gasteiger charge is 2.27. The number of hydrogen-bond donors (Lipinski definition) is 1. The molecule has 0 radical (unpaired) electrons. The number of carbonyl (C=O) groups excluding carboxylic acids is 2. The van der Waals surface area contributed by atoms with E-state index in [1.54, 1.807) is 7.11 Å². The minimum absolute atomic E-state index is 0.138. The molecule has 6 nitrogen and oxygen atoms in total. The van der Waals surface area contributed by atoms with E-state index in [1.807, 2.05) is 36.1 Å². The number of nitrogens with zero attached hydrogens (tertiary/aromatic N) is 2. The number of hydrogen-bond acceptors (Lipinski definition) is 4. The molecule has 2 amide bonds. The predicted molar refractivity (Wildman–Crippen MR) is 119 cm³/mol. The number of carbonyl (C=O) groups is 2. The second-order valence-electron chi connectivity index (χ2n) is 8.64. The Bertz CT molecular complexity index is 685. The minimum atomic E-state index is -0.138. The Kier molecular flexibility index (Phi) is 8.55. The summed E-state index contributed by atoms with van der Waals surface area (Å²) in [5.74, 6) is 1.17. The fraction of sp³-hybridized carbons (Fsp3) is 0.667. The van der Waals surface area contributed by atoms with E-state index in [0.717, 1.165) is 56.6 Å². The number of methoxy groups -OCH3 is 1. The summed E-state index contributed by atoms with van der Waals surface area (Å²) >= 11 is 0. The van der Waals surface area contributed by atoms with Crippen LogP contribution in [0.1, 0.15) is 57.4 Å². The Morgan fingerprint density at radius 1 is 1.03 bits per heavy atom. The smallest absolute Gasteiger partial charge is 0.237 e. The topological polar surface area (TPSA) is 61.9 Å². The quantitative estimate of drug-likeness (QED) is 0.744. The van der Waals surface area contributed by atoms with Crippen LogP contribution in [-0.2, 0) is 16.0 Å². The third kappa shape index (κ3) is 6.46. The highest BCUT2D eigenvalue weighted by Crippen LogP contribution is 2.18. The number of amides is 2. The molecule has 1 aromatic carbocycles. The molecular formula is C24H37N3O3. The zero-order valence-corrected chi connectivity index (χ0v) is 18.6. The monoisotopic (exact) mass is 415 g/mol. The van der Waals surface area contributed by atoms with Gasteiger partial charge in [0.05, 0.1) is 13.2 Å². The molecule has 30 heavy (non-hydrogen) atoms. The van der Waals surface area contributed by atoms with Crippen LogP contribution in [0.4, 0.5) is 0 Å². The van der Waals surface area contributed by atoms with E-state index in [2.05, 4.69) is 10.2 Å². The van der Waals surface area contributed by atoms with Crippen molar-refractivity contribution < 1.29 is 14.3 Å². The van der Waals surface area contributed by atoms with Crippen molar-refractivity contribution in [3.8, 4) is 5.75 Å². The summed E-state index contributed by atoms with van der Waals surface area (Å²) in [5.41, 5.74) is 1.15. The van der Waals surface area contributed by atoms with E-state index in [1.165, 1.54) is 19.3 Å². The molecule has 166 valence electrons. The van der Waals surface area contributed by atoms with Gasteiger partial charge in [-0.25, -0.2) is 0 Å². The summed E-state index contributed by atoms with van der Waals surface area (Å²) in [4.78, 5) is 29.6. The number of nitrogens with one attached hydrogen (secondary N) is 1. The summed E-state index contributed by atoms with van der Waals surface area (Å²) in [6.07, 6.45) is 8.11. The normalized spacial score (nSPS) is 19.7. The molecule has 3 rings (SSSR count). The van der Waals surface area contributed by atoms with Gasteiger partial charge >= 0.3 is 0 Å². The van der Waals surface area contributed by atoms with Crippen molar-refractivity contribution in [3.05, 3.63) is 29.8 Å². The van der Waals surface area contributed by atoms with Crippen molar-refractivity contribution in [2.45, 2.75) is 70.4 Å². The maximum atomic E-state index is 12.7. The lowest BCUT2D eigenvalue weighted by atomic mass is 9.95. The first-order valence-electron chi connectivity index (χ1n) is 11.5. The lowest BCUT2D eigenvalue weighted by molar-refractivity contribution is -0.131. The third-order valence-electron chi connectivity index (χ3n) is 6.55. The van der Waals surface area contributed by atoms with Gasteiger partial charge in [0.15, 0.2) is 0 Å². The molecule has 0 aromatic heterocycles. The average Bonchev–Trinajstić information content (AvgIpc) is 3.04. The first kappa shape index (κ1) is 22.6. The fourth-order valence-corrected chi connectivity index (χ4v) is 4.51. The van der Waals surface area contributed by atoms with E-state index < -0.39 is 0 Å². The van der Waals surface area contributed by atoms with E-state index in [0.29, 0.717) is 19.0 Å². The van der Waals surface area contributed by atoms with Gasteiger partial charge in [0.25, 0.3) is 0 Å². The van der Waals surface area contributed by atoms with Gasteiger partial charge in [-0.3, -0.25) is 14.5 Å². The van der Waals surface area contributed by atoms with Gasteiger partial charge < -0.3 is 15.0 Å². The molecule has 1 saturated heterocycles. The van der Waals surface area contributed by atoms with Gasteiger partial charge in [-0.05, 0) is 50.3 Å². The molecule has 1 N–H and O–H groups in total. The van der Waals surface area contributed by atoms with Crippen LogP contribution in [-0.4, -0.2) is 67.0 Å². The maximum absolute atomic E-state index is 12.7. The zero-order valence-electron chi connectivity index (χ0n) is 18.6. The molecule has 1 aromatic rings. The number of aryl methyl sites for hydroxylation is 1. The number of rotatable bonds is 7. The Morgan fingerprint density at radius 3 is 2.47 bits per heavy atom. The average molecular weight is 416 g/mol. The Balaban J connectivity index is 1.43. The third-order valence-corrected chi connectivity index (χ3v) is 6.55. The van der Waals surface area contributed by atoms with E-state index in [4.69, 9.17) is 4.74 Å². The van der Waals surface area contributed by atoms with Crippen LogP contribution >= 0.6 is 0 Å². The summed E-state index contributed by atoms with van der Waals surface area (Å²) < 4.78 is 5.18. The molecule has 2 fully saturated rings. The lowest BCUT2D eigenvalue weighted by Crippen LogP contribution is -2.49. The molecule has 1 saturated carbocycles. The SMILES string of the molecule is COc1ccc(CCC(=O)N2CCCN(C(C)C(=O)NC3CCCCC3)CC2)cc1. The van der Waals surface area contributed by atoms with Gasteiger partial charge in [-0.15, -0.1) is 0 Å². The van der Waals surface area contributed by atoms with Gasteiger partial charge in [0.2, 0.25) is 11.8 Å². The summed E-state index contributed by atoms with van der Waals surface area (Å²) in [6, 6.07) is 8.11. The summed E-state index contributed by atoms with van der Waals surface area (Å²) in [7, 11) is 1.65. The summed E-state index contributed by atoms with van der Waals surface area (Å²) in [6.45, 7) is 5.09. The van der Waals surface area contributed by atoms with Crippen LogP contribution in [0.15, 0.2) is 24.3 Å². The Labute approximate surface area is 180 Å². The van der Waals surface area contributed by atoms with Crippen LogP contribution in [0.3, 0.4) is 0 Å². The van der Waals surface area contributed by atoms with Crippen LogP contribution in [0.2, 0.25) is 0 Å². The van der Waals surface area contributed by atoms with Crippen molar-refractivity contribution in [2.75, 3.05) is 33.3 Å². The molecule has 1 unspecified atom stereocenters. The van der Waals surface area contributed by atoms with Crippen molar-refractivity contribution in [1.29, 1.82) is 0 Å². The maximum Gasteiger partial charge on any atom is 0.237 e. The molecule has 2 aliphatic rings. The molecule has 1 aliphatic carbocycles. The minimum Gasteiger partial charge on any atom is -0.497 e. The Hall–Kier alpha value is -2.08. The van der Waals surface area contributed by atoms with Crippen molar-refractivity contribution in [3.63, 3.8) is 0 Å². The molecule has 1 atom stereocenters. The molecule has 6 heteroatoms. The molecular weight excluding hydrogens is 378 g/mol. The van der Waals surface area contributed by atoms with Crippen molar-refractivity contribution in [2.24, 2.45) is 0 Å². The second-order valence-corrected chi connectivity index (χ2v) is 8.64. The van der Waals surface area contributed by atoms with E-state index >= 15 is 0 Å². The fourth-order valence-electron chi connectivity index (χ4n) is 4.51. The highest BCUT2D eigenvalue weighted by atomic mass is 16.5. The lowest BCUT2D eigenvalue weighted by Gasteiger charge is -2.30. The van der Waals surface area contributed by atoms with Crippen LogP contribution in [0, 0.1) is 0 Å². The highest BCUT2D eigenvalue weighted by molar-refractivity contribution is 5.81. The van der Waals surface area contributed by atoms with Crippen LogP contribution in [0.5, 0.6) is 5.75 Å². The van der Waals surface area contributed by atoms with Gasteiger partial charge in [-0.1, -0.05) is 31.4 Å². The number of ether oxygens (including phenoxy) is 1. The van der Waals surface area contributed by atoms with Crippen LogP contribution in [0.25, 0.3) is 0 Å². The number of benzene rings is 1. The van der Waals surface area contributed by atoms with Crippen molar-refractivity contribution in [1.82, 2.24) is 15.1 Å². The van der Waals surface area contributed by atoms with Crippen molar-refractivity contribution >= 4 is 11.8 Å². The van der Waals surface area contributed by atoms with Gasteiger partial charge in [0.1, 0.15) is 5.75 Å². The van der Waals surface area contributed by atoms with Crippen LogP contribution < -0.4 is 10.1 Å². The molecule has 1 heterocycles.